The maximum atomic E-state index is 10.8. The quantitative estimate of drug-likeness (QED) is 0.830. The minimum Gasteiger partial charge on any atom is -0.489 e. The molecule has 1 aromatic carbocycles. The summed E-state index contributed by atoms with van der Waals surface area (Å²) in [4.78, 5) is 23.5. The number of ether oxygens (including phenoxy) is 1. The maximum absolute atomic E-state index is 10.8. The second-order valence-corrected chi connectivity index (χ2v) is 5.16. The van der Waals surface area contributed by atoms with Crippen LogP contribution in [0.4, 0.5) is 0 Å². The van der Waals surface area contributed by atoms with E-state index in [9.17, 15) is 9.59 Å². The van der Waals surface area contributed by atoms with Crippen molar-refractivity contribution in [1.29, 1.82) is 0 Å². The van der Waals surface area contributed by atoms with Crippen molar-refractivity contribution >= 4 is 11.9 Å². The van der Waals surface area contributed by atoms with Gasteiger partial charge in [0.25, 0.3) is 0 Å². The second-order valence-electron chi connectivity index (χ2n) is 5.16. The third-order valence-corrected chi connectivity index (χ3v) is 3.51. The van der Waals surface area contributed by atoms with Gasteiger partial charge in [-0.1, -0.05) is 0 Å². The van der Waals surface area contributed by atoms with E-state index in [0.717, 1.165) is 19.4 Å². The van der Waals surface area contributed by atoms with Crippen LogP contribution >= 0.6 is 0 Å². The Bertz CT molecular complexity index is 499. The Morgan fingerprint density at radius 3 is 2.57 bits per heavy atom. The van der Waals surface area contributed by atoms with E-state index in [1.165, 1.54) is 12.1 Å². The number of likely N-dealkylation sites (tertiary alicyclic amines) is 1. The van der Waals surface area contributed by atoms with E-state index >= 15 is 0 Å². The molecule has 1 atom stereocenters. The molecule has 0 bridgehead atoms. The van der Waals surface area contributed by atoms with Gasteiger partial charge in [0.1, 0.15) is 11.9 Å². The standard InChI is InChI=1S/C15H19NO5/c17-14(18)7-9-16-8-1-2-13(10-16)21-12-5-3-11(4-6-12)15(19)20/h3-6,13H,1-2,7-10H2,(H,17,18)(H,19,20). The molecule has 1 unspecified atom stereocenters. The summed E-state index contributed by atoms with van der Waals surface area (Å²) in [5, 5.41) is 17.6. The highest BCUT2D eigenvalue weighted by atomic mass is 16.5. The van der Waals surface area contributed by atoms with Crippen molar-refractivity contribution in [3.63, 3.8) is 0 Å². The van der Waals surface area contributed by atoms with Gasteiger partial charge in [-0.2, -0.15) is 0 Å². The zero-order chi connectivity index (χ0) is 15.2. The predicted octanol–water partition coefficient (Wildman–Crippen LogP) is 1.70. The normalized spacial score (nSPS) is 19.1. The topological polar surface area (TPSA) is 87.1 Å². The fourth-order valence-electron chi connectivity index (χ4n) is 2.43. The zero-order valence-electron chi connectivity index (χ0n) is 11.7. The molecule has 6 nitrogen and oxygen atoms in total. The number of nitrogens with zero attached hydrogens (tertiary/aromatic N) is 1. The van der Waals surface area contributed by atoms with Gasteiger partial charge in [0.05, 0.1) is 12.0 Å². The third-order valence-electron chi connectivity index (χ3n) is 3.51. The highest BCUT2D eigenvalue weighted by Gasteiger charge is 2.21. The van der Waals surface area contributed by atoms with Crippen LogP contribution in [0.2, 0.25) is 0 Å². The lowest BCUT2D eigenvalue weighted by Gasteiger charge is -2.32. The monoisotopic (exact) mass is 293 g/mol. The predicted molar refractivity (Wildman–Crippen MR) is 75.7 cm³/mol. The second kappa shape index (κ2) is 7.08. The average Bonchev–Trinajstić information content (AvgIpc) is 2.46. The lowest BCUT2D eigenvalue weighted by atomic mass is 10.1. The third kappa shape index (κ3) is 4.75. The molecule has 21 heavy (non-hydrogen) atoms. The van der Waals surface area contributed by atoms with Gasteiger partial charge in [-0.25, -0.2) is 4.79 Å². The number of carboxylic acid groups (broad SMARTS) is 2. The first kappa shape index (κ1) is 15.3. The molecule has 1 aliphatic rings. The number of hydrogen-bond donors (Lipinski definition) is 2. The minimum absolute atomic E-state index is 0.0169. The first-order chi connectivity index (χ1) is 10.0. The van der Waals surface area contributed by atoms with Gasteiger partial charge < -0.3 is 14.9 Å². The van der Waals surface area contributed by atoms with Crippen molar-refractivity contribution in [3.8, 4) is 5.75 Å². The summed E-state index contributed by atoms with van der Waals surface area (Å²) >= 11 is 0. The lowest BCUT2D eigenvalue weighted by Crippen LogP contribution is -2.41. The Morgan fingerprint density at radius 1 is 1.24 bits per heavy atom. The number of carbonyl (C=O) groups is 2. The van der Waals surface area contributed by atoms with Crippen LogP contribution in [0.1, 0.15) is 29.6 Å². The van der Waals surface area contributed by atoms with Gasteiger partial charge in [0.15, 0.2) is 0 Å². The summed E-state index contributed by atoms with van der Waals surface area (Å²) in [6, 6.07) is 6.34. The lowest BCUT2D eigenvalue weighted by molar-refractivity contribution is -0.137. The molecular formula is C15H19NO5. The molecule has 1 saturated heterocycles. The van der Waals surface area contributed by atoms with Gasteiger partial charge in [-0.05, 0) is 43.7 Å². The fraction of sp³-hybridized carbons (Fsp3) is 0.467. The van der Waals surface area contributed by atoms with Crippen molar-refractivity contribution in [2.24, 2.45) is 0 Å². The number of aliphatic carboxylic acids is 1. The Hall–Kier alpha value is -2.08. The molecule has 2 N–H and O–H groups in total. The van der Waals surface area contributed by atoms with Crippen molar-refractivity contribution in [1.82, 2.24) is 4.90 Å². The molecule has 0 spiro atoms. The van der Waals surface area contributed by atoms with E-state index in [2.05, 4.69) is 4.90 Å². The number of rotatable bonds is 6. The van der Waals surface area contributed by atoms with Crippen molar-refractivity contribution in [2.75, 3.05) is 19.6 Å². The van der Waals surface area contributed by atoms with E-state index in [4.69, 9.17) is 14.9 Å². The molecule has 0 aliphatic carbocycles. The van der Waals surface area contributed by atoms with Gasteiger partial charge in [0, 0.05) is 13.1 Å². The number of aromatic carboxylic acids is 1. The van der Waals surface area contributed by atoms with Crippen LogP contribution in [-0.4, -0.2) is 52.8 Å². The summed E-state index contributed by atoms with van der Waals surface area (Å²) in [6.07, 6.45) is 2.05. The van der Waals surface area contributed by atoms with Crippen LogP contribution in [0, 0.1) is 0 Å². The van der Waals surface area contributed by atoms with E-state index in [-0.39, 0.29) is 18.1 Å². The van der Waals surface area contributed by atoms with Crippen LogP contribution in [0.5, 0.6) is 5.75 Å². The van der Waals surface area contributed by atoms with Gasteiger partial charge in [0.2, 0.25) is 0 Å². The number of carboxylic acids is 2. The number of hydrogen-bond acceptors (Lipinski definition) is 4. The molecule has 0 radical (unpaired) electrons. The number of piperidine rings is 1. The Kier molecular flexibility index (Phi) is 5.16. The van der Waals surface area contributed by atoms with Gasteiger partial charge >= 0.3 is 11.9 Å². The fourth-order valence-corrected chi connectivity index (χ4v) is 2.43. The molecule has 1 fully saturated rings. The van der Waals surface area contributed by atoms with E-state index in [1.54, 1.807) is 12.1 Å². The zero-order valence-corrected chi connectivity index (χ0v) is 11.7. The van der Waals surface area contributed by atoms with Crippen LogP contribution in [0.25, 0.3) is 0 Å². The van der Waals surface area contributed by atoms with Crippen LogP contribution in [0.15, 0.2) is 24.3 Å². The highest BCUT2D eigenvalue weighted by molar-refractivity contribution is 5.87. The Morgan fingerprint density at radius 2 is 1.95 bits per heavy atom. The van der Waals surface area contributed by atoms with Crippen molar-refractivity contribution in [2.45, 2.75) is 25.4 Å². The van der Waals surface area contributed by atoms with Crippen molar-refractivity contribution in [3.05, 3.63) is 29.8 Å². The van der Waals surface area contributed by atoms with E-state index in [1.807, 2.05) is 0 Å². The minimum atomic E-state index is -0.959. The molecular weight excluding hydrogens is 274 g/mol. The summed E-state index contributed by atoms with van der Waals surface area (Å²) in [7, 11) is 0. The highest BCUT2D eigenvalue weighted by Crippen LogP contribution is 2.19. The molecule has 1 heterocycles. The first-order valence-electron chi connectivity index (χ1n) is 6.99. The van der Waals surface area contributed by atoms with Gasteiger partial charge in [-0.15, -0.1) is 0 Å². The van der Waals surface area contributed by atoms with Gasteiger partial charge in [-0.3, -0.25) is 9.69 Å². The number of benzene rings is 1. The summed E-state index contributed by atoms with van der Waals surface area (Å²) < 4.78 is 5.85. The van der Waals surface area contributed by atoms with Crippen LogP contribution < -0.4 is 4.74 Å². The molecule has 0 amide bonds. The molecule has 6 heteroatoms. The Labute approximate surface area is 122 Å². The molecule has 1 aliphatic heterocycles. The molecule has 0 aromatic heterocycles. The van der Waals surface area contributed by atoms with Crippen molar-refractivity contribution < 1.29 is 24.5 Å². The summed E-state index contributed by atoms with van der Waals surface area (Å²) in [6.45, 7) is 2.13. The molecule has 114 valence electrons. The largest absolute Gasteiger partial charge is 0.489 e. The van der Waals surface area contributed by atoms with E-state index in [0.29, 0.717) is 18.8 Å². The molecule has 2 rings (SSSR count). The van der Waals surface area contributed by atoms with E-state index < -0.39 is 11.9 Å². The van der Waals surface area contributed by atoms with Crippen LogP contribution in [0.3, 0.4) is 0 Å². The SMILES string of the molecule is O=C(O)CCN1CCCC(Oc2ccc(C(=O)O)cc2)C1. The molecule has 0 saturated carbocycles. The van der Waals surface area contributed by atoms with Crippen LogP contribution in [-0.2, 0) is 4.79 Å². The summed E-state index contributed by atoms with van der Waals surface area (Å²) in [5.74, 6) is -1.11. The maximum Gasteiger partial charge on any atom is 0.335 e. The summed E-state index contributed by atoms with van der Waals surface area (Å²) in [5.41, 5.74) is 0.231. The Balaban J connectivity index is 1.87. The first-order valence-corrected chi connectivity index (χ1v) is 6.99. The average molecular weight is 293 g/mol. The smallest absolute Gasteiger partial charge is 0.335 e. The molecule has 1 aromatic rings.